The molecule has 2 aromatic carbocycles. The Bertz CT molecular complexity index is 695. The van der Waals surface area contributed by atoms with Crippen molar-refractivity contribution in [2.45, 2.75) is 13.8 Å². The summed E-state index contributed by atoms with van der Waals surface area (Å²) >= 11 is 0. The molecule has 0 spiro atoms. The summed E-state index contributed by atoms with van der Waals surface area (Å²) in [6.07, 6.45) is 2.05. The maximum Gasteiger partial charge on any atom is 0.119 e. The van der Waals surface area contributed by atoms with Crippen molar-refractivity contribution in [1.29, 1.82) is 0 Å². The number of hydrogen-bond donors (Lipinski definition) is 1. The van der Waals surface area contributed by atoms with Gasteiger partial charge in [-0.1, -0.05) is 24.3 Å². The lowest BCUT2D eigenvalue weighted by Gasteiger charge is -2.05. The first kappa shape index (κ1) is 11.8. The Labute approximate surface area is 113 Å². The van der Waals surface area contributed by atoms with Crippen LogP contribution in [0.2, 0.25) is 0 Å². The van der Waals surface area contributed by atoms with Gasteiger partial charge in [0, 0.05) is 17.1 Å². The van der Waals surface area contributed by atoms with E-state index in [0.29, 0.717) is 6.61 Å². The molecule has 0 saturated carbocycles. The number of rotatable bonds is 3. The zero-order valence-corrected chi connectivity index (χ0v) is 11.2. The fraction of sp³-hybridized carbons (Fsp3) is 0.176. The summed E-state index contributed by atoms with van der Waals surface area (Å²) in [7, 11) is 0. The molecule has 0 atom stereocenters. The Hall–Kier alpha value is -2.22. The molecule has 0 amide bonds. The van der Waals surface area contributed by atoms with Gasteiger partial charge in [-0.15, -0.1) is 0 Å². The van der Waals surface area contributed by atoms with Gasteiger partial charge >= 0.3 is 0 Å². The zero-order chi connectivity index (χ0) is 13.2. The van der Waals surface area contributed by atoms with E-state index in [1.54, 1.807) is 0 Å². The van der Waals surface area contributed by atoms with Crippen LogP contribution < -0.4 is 4.74 Å². The van der Waals surface area contributed by atoms with Crippen molar-refractivity contribution < 1.29 is 4.74 Å². The summed E-state index contributed by atoms with van der Waals surface area (Å²) < 4.78 is 5.46. The predicted octanol–water partition coefficient (Wildman–Crippen LogP) is 4.54. The van der Waals surface area contributed by atoms with Gasteiger partial charge in [0.2, 0.25) is 0 Å². The number of benzene rings is 2. The van der Waals surface area contributed by atoms with Gasteiger partial charge in [-0.25, -0.2) is 0 Å². The molecule has 0 aliphatic carbocycles. The summed E-state index contributed by atoms with van der Waals surface area (Å²) in [5.41, 5.74) is 4.90. The second-order valence-corrected chi connectivity index (χ2v) is 4.69. The molecule has 3 rings (SSSR count). The molecule has 0 bridgehead atoms. The highest BCUT2D eigenvalue weighted by Gasteiger charge is 2.03. The Morgan fingerprint density at radius 1 is 1.00 bits per heavy atom. The number of aromatic amines is 1. The molecule has 0 aliphatic rings. The fourth-order valence-electron chi connectivity index (χ4n) is 2.36. The average molecular weight is 251 g/mol. The van der Waals surface area contributed by atoms with Crippen LogP contribution in [0.3, 0.4) is 0 Å². The van der Waals surface area contributed by atoms with Crippen LogP contribution >= 0.6 is 0 Å². The van der Waals surface area contributed by atoms with E-state index < -0.39 is 0 Å². The van der Waals surface area contributed by atoms with E-state index in [0.717, 1.165) is 5.75 Å². The maximum absolute atomic E-state index is 5.46. The zero-order valence-electron chi connectivity index (χ0n) is 11.2. The fourth-order valence-corrected chi connectivity index (χ4v) is 2.36. The summed E-state index contributed by atoms with van der Waals surface area (Å²) in [6, 6.07) is 14.8. The molecule has 0 radical (unpaired) electrons. The van der Waals surface area contributed by atoms with Crippen LogP contribution in [0, 0.1) is 6.92 Å². The van der Waals surface area contributed by atoms with Gasteiger partial charge in [-0.3, -0.25) is 0 Å². The first-order chi connectivity index (χ1) is 9.28. The van der Waals surface area contributed by atoms with Crippen molar-refractivity contribution >= 4 is 10.9 Å². The summed E-state index contributed by atoms with van der Waals surface area (Å²) in [5.74, 6) is 0.919. The summed E-state index contributed by atoms with van der Waals surface area (Å²) in [5, 5.41) is 1.29. The number of aryl methyl sites for hydroxylation is 1. The molecule has 2 heteroatoms. The van der Waals surface area contributed by atoms with Crippen molar-refractivity contribution in [3.63, 3.8) is 0 Å². The Balaban J connectivity index is 1.98. The average Bonchev–Trinajstić information content (AvgIpc) is 2.81. The van der Waals surface area contributed by atoms with Gasteiger partial charge in [0.1, 0.15) is 5.75 Å². The number of nitrogens with one attached hydrogen (secondary N) is 1. The van der Waals surface area contributed by atoms with E-state index in [1.165, 1.54) is 27.6 Å². The number of aromatic nitrogens is 1. The van der Waals surface area contributed by atoms with E-state index in [9.17, 15) is 0 Å². The Morgan fingerprint density at radius 3 is 2.47 bits per heavy atom. The summed E-state index contributed by atoms with van der Waals surface area (Å²) in [6.45, 7) is 4.82. The minimum absolute atomic E-state index is 0.701. The lowest BCUT2D eigenvalue weighted by molar-refractivity contribution is 0.340. The second kappa shape index (κ2) is 4.81. The van der Waals surface area contributed by atoms with E-state index in [4.69, 9.17) is 4.74 Å². The van der Waals surface area contributed by atoms with Gasteiger partial charge < -0.3 is 9.72 Å². The number of hydrogen-bond acceptors (Lipinski definition) is 1. The molecule has 2 nitrogen and oxygen atoms in total. The van der Waals surface area contributed by atoms with Crippen molar-refractivity contribution in [3.05, 3.63) is 54.2 Å². The van der Waals surface area contributed by atoms with Crippen molar-refractivity contribution in [2.24, 2.45) is 0 Å². The van der Waals surface area contributed by atoms with Crippen LogP contribution in [0.5, 0.6) is 5.75 Å². The molecule has 0 unspecified atom stereocenters. The lowest BCUT2D eigenvalue weighted by Crippen LogP contribution is -1.90. The van der Waals surface area contributed by atoms with Gasteiger partial charge in [-0.2, -0.15) is 0 Å². The molecule has 19 heavy (non-hydrogen) atoms. The first-order valence-corrected chi connectivity index (χ1v) is 6.59. The third-order valence-electron chi connectivity index (χ3n) is 3.39. The van der Waals surface area contributed by atoms with Crippen LogP contribution in [0.25, 0.3) is 22.0 Å². The highest BCUT2D eigenvalue weighted by molar-refractivity contribution is 5.87. The highest BCUT2D eigenvalue weighted by atomic mass is 16.5. The van der Waals surface area contributed by atoms with Crippen LogP contribution in [-0.4, -0.2) is 11.6 Å². The molecule has 0 fully saturated rings. The van der Waals surface area contributed by atoms with Crippen LogP contribution in [0.4, 0.5) is 0 Å². The standard InChI is InChI=1S/C17H17NO/c1-3-19-15-7-4-13(5-8-15)14-6-9-16-12(2)11-18-17(16)10-14/h4-11,18H,3H2,1-2H3. The summed E-state index contributed by atoms with van der Waals surface area (Å²) in [4.78, 5) is 3.30. The first-order valence-electron chi connectivity index (χ1n) is 6.59. The van der Waals surface area contributed by atoms with E-state index in [1.807, 2.05) is 25.3 Å². The lowest BCUT2D eigenvalue weighted by atomic mass is 10.0. The highest BCUT2D eigenvalue weighted by Crippen LogP contribution is 2.27. The van der Waals surface area contributed by atoms with Gasteiger partial charge in [-0.05, 0) is 48.7 Å². The van der Waals surface area contributed by atoms with Crippen LogP contribution in [-0.2, 0) is 0 Å². The minimum Gasteiger partial charge on any atom is -0.494 e. The topological polar surface area (TPSA) is 25.0 Å². The van der Waals surface area contributed by atoms with Crippen molar-refractivity contribution in [1.82, 2.24) is 4.98 Å². The largest absolute Gasteiger partial charge is 0.494 e. The molecule has 0 aliphatic heterocycles. The second-order valence-electron chi connectivity index (χ2n) is 4.69. The van der Waals surface area contributed by atoms with E-state index in [2.05, 4.69) is 42.2 Å². The molecular weight excluding hydrogens is 234 g/mol. The van der Waals surface area contributed by atoms with Crippen LogP contribution in [0.15, 0.2) is 48.7 Å². The van der Waals surface area contributed by atoms with Crippen LogP contribution in [0.1, 0.15) is 12.5 Å². The molecule has 1 aromatic heterocycles. The normalized spacial score (nSPS) is 10.8. The molecular formula is C17H17NO. The Kier molecular flexibility index (Phi) is 3.00. The van der Waals surface area contributed by atoms with Crippen molar-refractivity contribution in [2.75, 3.05) is 6.61 Å². The van der Waals surface area contributed by atoms with Gasteiger partial charge in [0.15, 0.2) is 0 Å². The number of fused-ring (bicyclic) bond motifs is 1. The van der Waals surface area contributed by atoms with Gasteiger partial charge in [0.25, 0.3) is 0 Å². The minimum atomic E-state index is 0.701. The van der Waals surface area contributed by atoms with E-state index >= 15 is 0 Å². The smallest absolute Gasteiger partial charge is 0.119 e. The third-order valence-corrected chi connectivity index (χ3v) is 3.39. The van der Waals surface area contributed by atoms with Gasteiger partial charge in [0.05, 0.1) is 6.61 Å². The van der Waals surface area contributed by atoms with E-state index in [-0.39, 0.29) is 0 Å². The monoisotopic (exact) mass is 251 g/mol. The SMILES string of the molecule is CCOc1ccc(-c2ccc3c(C)c[nH]c3c2)cc1. The molecule has 1 N–H and O–H groups in total. The molecule has 1 heterocycles. The predicted molar refractivity (Wildman–Crippen MR) is 79.6 cm³/mol. The molecule has 0 saturated heterocycles. The van der Waals surface area contributed by atoms with Crippen molar-refractivity contribution in [3.8, 4) is 16.9 Å². The number of H-pyrrole nitrogens is 1. The third kappa shape index (κ3) is 2.22. The maximum atomic E-state index is 5.46. The number of ether oxygens (including phenoxy) is 1. The molecule has 96 valence electrons. The molecule has 3 aromatic rings. The quantitative estimate of drug-likeness (QED) is 0.726. The Morgan fingerprint density at radius 2 is 1.74 bits per heavy atom.